The summed E-state index contributed by atoms with van der Waals surface area (Å²) >= 11 is 0. The van der Waals surface area contributed by atoms with Gasteiger partial charge in [0.25, 0.3) is 0 Å². The van der Waals surface area contributed by atoms with Crippen molar-refractivity contribution in [3.8, 4) is 0 Å². The van der Waals surface area contributed by atoms with Crippen LogP contribution in [0.15, 0.2) is 30.3 Å². The third-order valence-electron chi connectivity index (χ3n) is 2.22. The third kappa shape index (κ3) is 3.16. The monoisotopic (exact) mass is 256 g/mol. The van der Waals surface area contributed by atoms with E-state index >= 15 is 0 Å². The number of benzene rings is 1. The van der Waals surface area contributed by atoms with Gasteiger partial charge in [0, 0.05) is 0 Å². The fraction of sp³-hybridized carbons (Fsp3) is 0.364. The molecule has 1 aromatic carbocycles. The summed E-state index contributed by atoms with van der Waals surface area (Å²) in [6.45, 7) is 0. The zero-order valence-corrected chi connectivity index (χ0v) is 11.3. The minimum absolute atomic E-state index is 0.386. The number of carbonyl (C=O) groups excluding carboxylic acids is 1. The second kappa shape index (κ2) is 5.45. The van der Waals surface area contributed by atoms with Crippen LogP contribution in [0.2, 0.25) is 0 Å². The largest absolute Gasteiger partial charge is 0.397 e. The summed E-state index contributed by atoms with van der Waals surface area (Å²) in [5.74, 6) is -0.587. The van der Waals surface area contributed by atoms with Gasteiger partial charge in [0.2, 0.25) is 0 Å². The topological polar surface area (TPSA) is 49.9 Å². The molecule has 0 aromatic heterocycles. The molecule has 0 aliphatic heterocycles. The van der Waals surface area contributed by atoms with E-state index in [4.69, 9.17) is 4.52 Å². The lowest BCUT2D eigenvalue weighted by atomic mass is 10.2. The second-order valence-electron chi connectivity index (χ2n) is 3.93. The van der Waals surface area contributed by atoms with Gasteiger partial charge in [-0.15, -0.1) is 0 Å². The van der Waals surface area contributed by atoms with Gasteiger partial charge in [-0.3, -0.25) is 0 Å². The van der Waals surface area contributed by atoms with Crippen LogP contribution in [0.5, 0.6) is 0 Å². The van der Waals surface area contributed by atoms with Gasteiger partial charge in [-0.05, 0) is 40.3 Å². The third-order valence-corrected chi connectivity index (χ3v) is 4.65. The molecule has 5 nitrogen and oxygen atoms in total. The number of hydrogen-bond acceptors (Lipinski definition) is 3. The average Bonchev–Trinajstić information content (AvgIpc) is 2.29. The van der Waals surface area contributed by atoms with Crippen LogP contribution in [-0.2, 0) is 9.09 Å². The Morgan fingerprint density at radius 3 is 1.94 bits per heavy atom. The summed E-state index contributed by atoms with van der Waals surface area (Å²) in [6.07, 6.45) is 0. The summed E-state index contributed by atoms with van der Waals surface area (Å²) in [7, 11) is 3.17. The first kappa shape index (κ1) is 13.9. The molecule has 0 aliphatic rings. The number of hydrogen-bond donors (Lipinski definition) is 0. The molecule has 0 atom stereocenters. The van der Waals surface area contributed by atoms with E-state index in [-0.39, 0.29) is 0 Å². The fourth-order valence-electron chi connectivity index (χ4n) is 1.26. The van der Waals surface area contributed by atoms with Crippen LogP contribution in [0.3, 0.4) is 0 Å². The Balaban J connectivity index is 2.91. The molecule has 0 unspecified atom stereocenters. The Morgan fingerprint density at radius 2 is 1.53 bits per heavy atom. The Bertz CT molecular complexity index is 420. The van der Waals surface area contributed by atoms with Crippen molar-refractivity contribution in [2.45, 2.75) is 0 Å². The van der Waals surface area contributed by atoms with E-state index < -0.39 is 13.6 Å². The van der Waals surface area contributed by atoms with Crippen LogP contribution >= 0.6 is 7.67 Å². The highest BCUT2D eigenvalue weighted by Crippen LogP contribution is 2.50. The van der Waals surface area contributed by atoms with Crippen molar-refractivity contribution >= 4 is 13.6 Å². The maximum atomic E-state index is 12.4. The van der Waals surface area contributed by atoms with E-state index in [0.717, 1.165) is 0 Å². The van der Waals surface area contributed by atoms with Crippen molar-refractivity contribution in [3.05, 3.63) is 35.9 Å². The maximum Gasteiger partial charge on any atom is 0.397 e. The van der Waals surface area contributed by atoms with E-state index in [1.165, 1.54) is 9.34 Å². The minimum atomic E-state index is -3.27. The quantitative estimate of drug-likeness (QED) is 0.772. The summed E-state index contributed by atoms with van der Waals surface area (Å²) in [5, 5.41) is 0. The summed E-state index contributed by atoms with van der Waals surface area (Å²) in [4.78, 5) is 11.8. The van der Waals surface area contributed by atoms with E-state index in [0.29, 0.717) is 5.56 Å². The van der Waals surface area contributed by atoms with Crippen LogP contribution in [0.4, 0.5) is 0 Å². The van der Waals surface area contributed by atoms with Crippen molar-refractivity contribution in [3.63, 3.8) is 0 Å². The van der Waals surface area contributed by atoms with E-state index in [2.05, 4.69) is 0 Å². The lowest BCUT2D eigenvalue weighted by Crippen LogP contribution is -2.24. The predicted molar refractivity (Wildman–Crippen MR) is 66.8 cm³/mol. The molecule has 94 valence electrons. The summed E-state index contributed by atoms with van der Waals surface area (Å²) in [5.41, 5.74) is 0.386. The highest BCUT2D eigenvalue weighted by molar-refractivity contribution is 7.54. The SMILES string of the molecule is CN(C)P(=O)(OC(=O)c1ccccc1)N(C)C. The molecule has 0 fully saturated rings. The van der Waals surface area contributed by atoms with Crippen molar-refractivity contribution in [2.75, 3.05) is 28.2 Å². The fourth-order valence-corrected chi connectivity index (χ4v) is 2.62. The second-order valence-corrected chi connectivity index (χ2v) is 6.69. The van der Waals surface area contributed by atoms with Crippen LogP contribution in [0.1, 0.15) is 10.4 Å². The molecule has 0 saturated carbocycles. The van der Waals surface area contributed by atoms with Crippen LogP contribution < -0.4 is 0 Å². The zero-order valence-electron chi connectivity index (χ0n) is 10.5. The van der Waals surface area contributed by atoms with Crippen LogP contribution in [0.25, 0.3) is 0 Å². The van der Waals surface area contributed by atoms with Crippen LogP contribution in [0, 0.1) is 0 Å². The zero-order chi connectivity index (χ0) is 13.1. The predicted octanol–water partition coefficient (Wildman–Crippen LogP) is 2.07. The maximum absolute atomic E-state index is 12.4. The van der Waals surface area contributed by atoms with Gasteiger partial charge in [0.15, 0.2) is 0 Å². The lowest BCUT2D eigenvalue weighted by molar-refractivity contribution is 0.0709. The van der Waals surface area contributed by atoms with Gasteiger partial charge in [-0.25, -0.2) is 18.7 Å². The van der Waals surface area contributed by atoms with Crippen molar-refractivity contribution in [2.24, 2.45) is 0 Å². The molecule has 0 N–H and O–H groups in total. The molecule has 1 aromatic rings. The molecule has 0 spiro atoms. The molecular formula is C11H17N2O3P. The van der Waals surface area contributed by atoms with E-state index in [9.17, 15) is 9.36 Å². The molecule has 0 heterocycles. The van der Waals surface area contributed by atoms with Crippen molar-refractivity contribution in [1.29, 1.82) is 0 Å². The van der Waals surface area contributed by atoms with Gasteiger partial charge in [0.05, 0.1) is 5.56 Å². The Kier molecular flexibility index (Phi) is 4.46. The standard InChI is InChI=1S/C11H17N2O3P/c1-12(2)17(15,13(3)4)16-11(14)10-8-6-5-7-9-10/h5-9H,1-4H3. The number of rotatable bonds is 4. The van der Waals surface area contributed by atoms with Crippen LogP contribution in [-0.4, -0.2) is 43.5 Å². The van der Waals surface area contributed by atoms with Crippen molar-refractivity contribution < 1.29 is 13.9 Å². The molecule has 1 rings (SSSR count). The molecule has 0 bridgehead atoms. The average molecular weight is 256 g/mol. The minimum Gasteiger partial charge on any atom is -0.385 e. The van der Waals surface area contributed by atoms with Gasteiger partial charge in [-0.2, -0.15) is 0 Å². The molecule has 17 heavy (non-hydrogen) atoms. The first-order valence-corrected chi connectivity index (χ1v) is 6.65. The first-order valence-electron chi connectivity index (χ1n) is 5.12. The van der Waals surface area contributed by atoms with Gasteiger partial charge < -0.3 is 4.52 Å². The van der Waals surface area contributed by atoms with Crippen molar-refractivity contribution in [1.82, 2.24) is 9.34 Å². The molecule has 0 radical (unpaired) electrons. The molecule has 0 amide bonds. The smallest absolute Gasteiger partial charge is 0.385 e. The Hall–Kier alpha value is -1.16. The first-order chi connectivity index (χ1) is 7.88. The van der Waals surface area contributed by atoms with Gasteiger partial charge in [-0.1, -0.05) is 18.2 Å². The number of nitrogens with zero attached hydrogens (tertiary/aromatic N) is 2. The van der Waals surface area contributed by atoms with E-state index in [1.807, 2.05) is 0 Å². The van der Waals surface area contributed by atoms with Gasteiger partial charge in [0.1, 0.15) is 0 Å². The lowest BCUT2D eigenvalue weighted by Gasteiger charge is -2.28. The molecule has 0 saturated heterocycles. The Labute approximate surface area is 102 Å². The van der Waals surface area contributed by atoms with E-state index in [1.54, 1.807) is 58.5 Å². The number of carbonyl (C=O) groups is 1. The summed E-state index contributed by atoms with van der Waals surface area (Å²) < 4.78 is 20.3. The normalized spacial score (nSPS) is 11.9. The highest BCUT2D eigenvalue weighted by atomic mass is 31.2. The molecule has 0 aliphatic carbocycles. The highest BCUT2D eigenvalue weighted by Gasteiger charge is 2.33. The van der Waals surface area contributed by atoms with Gasteiger partial charge >= 0.3 is 13.6 Å². The molecular weight excluding hydrogens is 239 g/mol. The molecule has 6 heteroatoms. The Morgan fingerprint density at radius 1 is 1.06 bits per heavy atom. The summed E-state index contributed by atoms with van der Waals surface area (Å²) in [6, 6.07) is 8.50.